The summed E-state index contributed by atoms with van der Waals surface area (Å²) >= 11 is 3.43. The Morgan fingerprint density at radius 2 is 2.03 bits per heavy atom. The molecule has 2 heterocycles. The first-order valence-corrected chi connectivity index (χ1v) is 11.1. The predicted octanol–water partition coefficient (Wildman–Crippen LogP) is 4.45. The lowest BCUT2D eigenvalue weighted by atomic mass is 10.0. The van der Waals surface area contributed by atoms with Gasteiger partial charge in [-0.15, -0.1) is 0 Å². The molecule has 5 rings (SSSR count). The van der Waals surface area contributed by atoms with Crippen molar-refractivity contribution in [2.75, 3.05) is 6.61 Å². The molecule has 0 amide bonds. The van der Waals surface area contributed by atoms with Gasteiger partial charge in [-0.25, -0.2) is 9.13 Å². The Morgan fingerprint density at radius 1 is 1.21 bits per heavy atom. The highest BCUT2D eigenvalue weighted by molar-refractivity contribution is 9.10. The minimum absolute atomic E-state index is 0.132. The fourth-order valence-corrected chi connectivity index (χ4v) is 4.99. The van der Waals surface area contributed by atoms with E-state index in [1.54, 1.807) is 0 Å². The molecular formula is C24H24BrN2O2+. The fraction of sp³-hybridized carbons (Fsp3) is 0.333. The molecule has 0 radical (unpaired) electrons. The fourth-order valence-electron chi connectivity index (χ4n) is 4.72. The van der Waals surface area contributed by atoms with E-state index in [0.29, 0.717) is 12.6 Å². The topological polar surface area (TPSA) is 35.1 Å². The average Bonchev–Trinajstić information content (AvgIpc) is 3.44. The van der Waals surface area contributed by atoms with Crippen LogP contribution in [0, 0.1) is 0 Å². The van der Waals surface area contributed by atoms with Crippen molar-refractivity contribution in [2.24, 2.45) is 0 Å². The Kier molecular flexibility index (Phi) is 4.78. The smallest absolute Gasteiger partial charge is 0.257 e. The van der Waals surface area contributed by atoms with Gasteiger partial charge in [0.15, 0.2) is 6.54 Å². The summed E-state index contributed by atoms with van der Waals surface area (Å²) in [6.07, 6.45) is 8.30. The lowest BCUT2D eigenvalue weighted by molar-refractivity contribution is -0.690. The van der Waals surface area contributed by atoms with E-state index < -0.39 is 0 Å². The van der Waals surface area contributed by atoms with Gasteiger partial charge in [-0.3, -0.25) is 4.79 Å². The highest BCUT2D eigenvalue weighted by Crippen LogP contribution is 2.40. The van der Waals surface area contributed by atoms with E-state index in [4.69, 9.17) is 4.74 Å². The number of carbonyl (C=O) groups is 1. The molecule has 4 nitrogen and oxygen atoms in total. The first-order chi connectivity index (χ1) is 14.1. The maximum Gasteiger partial charge on any atom is 0.257 e. The van der Waals surface area contributed by atoms with E-state index in [9.17, 15) is 4.79 Å². The molecule has 3 aromatic rings. The van der Waals surface area contributed by atoms with Crippen molar-refractivity contribution in [3.05, 3.63) is 81.3 Å². The second kappa shape index (κ2) is 7.45. The molecular weight excluding hydrogens is 428 g/mol. The number of benzene rings is 2. The van der Waals surface area contributed by atoms with E-state index in [1.165, 1.54) is 22.5 Å². The standard InChI is InChI=1S/C24H24BrN2O2/c1-2-24-26(15-22(28)16-3-6-19(25)7-4-16)10-11-27(24)21-8-5-17-13-18-9-12-29-23(18)14-20(17)21/h3-4,6-7,10-11,13-14,21H,2,5,8-9,12,15H2,1H3/q+1. The molecule has 0 spiro atoms. The minimum Gasteiger partial charge on any atom is -0.493 e. The van der Waals surface area contributed by atoms with E-state index in [1.807, 2.05) is 24.3 Å². The summed E-state index contributed by atoms with van der Waals surface area (Å²) in [4.78, 5) is 12.8. The molecule has 0 N–H and O–H groups in total. The number of aromatic nitrogens is 2. The summed E-state index contributed by atoms with van der Waals surface area (Å²) in [6, 6.07) is 12.5. The third-order valence-corrected chi connectivity index (χ3v) is 6.70. The van der Waals surface area contributed by atoms with Crippen molar-refractivity contribution in [2.45, 2.75) is 45.2 Å². The predicted molar refractivity (Wildman–Crippen MR) is 115 cm³/mol. The third-order valence-electron chi connectivity index (χ3n) is 6.17. The lowest BCUT2D eigenvalue weighted by Crippen LogP contribution is -2.41. The van der Waals surface area contributed by atoms with Crippen molar-refractivity contribution in [3.63, 3.8) is 0 Å². The first kappa shape index (κ1) is 18.6. The minimum atomic E-state index is 0.132. The Balaban J connectivity index is 1.44. The number of Topliss-reactive ketones (excluding diaryl/α,β-unsaturated/α-hetero) is 1. The van der Waals surface area contributed by atoms with Crippen LogP contribution in [-0.2, 0) is 25.8 Å². The van der Waals surface area contributed by atoms with Gasteiger partial charge in [0.05, 0.1) is 6.61 Å². The van der Waals surface area contributed by atoms with Gasteiger partial charge in [0.1, 0.15) is 24.2 Å². The molecule has 148 valence electrons. The van der Waals surface area contributed by atoms with E-state index in [2.05, 4.69) is 56.5 Å². The highest BCUT2D eigenvalue weighted by Gasteiger charge is 2.33. The van der Waals surface area contributed by atoms with E-state index in [0.717, 1.165) is 48.1 Å². The Bertz CT molecular complexity index is 1090. The molecule has 29 heavy (non-hydrogen) atoms. The molecule has 0 fully saturated rings. The third kappa shape index (κ3) is 3.31. The van der Waals surface area contributed by atoms with Crippen LogP contribution in [-0.4, -0.2) is 17.0 Å². The van der Waals surface area contributed by atoms with Crippen molar-refractivity contribution in [3.8, 4) is 5.75 Å². The zero-order valence-corrected chi connectivity index (χ0v) is 18.1. The number of hydrogen-bond donors (Lipinski definition) is 0. The average molecular weight is 452 g/mol. The highest BCUT2D eigenvalue weighted by atomic mass is 79.9. The number of ketones is 1. The molecule has 0 bridgehead atoms. The zero-order chi connectivity index (χ0) is 20.0. The summed E-state index contributed by atoms with van der Waals surface area (Å²) in [5.74, 6) is 2.38. The second-order valence-corrected chi connectivity index (χ2v) is 8.76. The number of ether oxygens (including phenoxy) is 1. The molecule has 0 saturated carbocycles. The van der Waals surface area contributed by atoms with Crippen LogP contribution in [0.1, 0.15) is 52.3 Å². The first-order valence-electron chi connectivity index (χ1n) is 10.3. The summed E-state index contributed by atoms with van der Waals surface area (Å²) in [7, 11) is 0. The Labute approximate surface area is 179 Å². The van der Waals surface area contributed by atoms with Crippen molar-refractivity contribution in [1.29, 1.82) is 0 Å². The van der Waals surface area contributed by atoms with Gasteiger partial charge in [-0.2, -0.15) is 0 Å². The SMILES string of the molecule is CCc1n(C2CCc3cc4c(cc32)OCC4)cc[n+]1CC(=O)c1ccc(Br)cc1. The number of imidazole rings is 1. The molecule has 0 saturated heterocycles. The molecule has 1 aliphatic carbocycles. The van der Waals surface area contributed by atoms with Crippen LogP contribution < -0.4 is 9.30 Å². The zero-order valence-electron chi connectivity index (χ0n) is 16.5. The Hall–Kier alpha value is -2.40. The van der Waals surface area contributed by atoms with Crippen molar-refractivity contribution < 1.29 is 14.1 Å². The van der Waals surface area contributed by atoms with E-state index in [-0.39, 0.29) is 5.78 Å². The van der Waals surface area contributed by atoms with Crippen LogP contribution in [0.5, 0.6) is 5.75 Å². The van der Waals surface area contributed by atoms with Crippen LogP contribution in [0.2, 0.25) is 0 Å². The summed E-state index contributed by atoms with van der Waals surface area (Å²) < 4.78 is 11.3. The quantitative estimate of drug-likeness (QED) is 0.424. The van der Waals surface area contributed by atoms with Crippen molar-refractivity contribution in [1.82, 2.24) is 4.57 Å². The molecule has 5 heteroatoms. The van der Waals surface area contributed by atoms with Crippen LogP contribution >= 0.6 is 15.9 Å². The largest absolute Gasteiger partial charge is 0.493 e. The second-order valence-electron chi connectivity index (χ2n) is 7.84. The lowest BCUT2D eigenvalue weighted by Gasteiger charge is -2.12. The summed E-state index contributed by atoms with van der Waals surface area (Å²) in [5.41, 5.74) is 4.92. The monoisotopic (exact) mass is 451 g/mol. The number of carbonyl (C=O) groups excluding carboxylic acids is 1. The van der Waals surface area contributed by atoms with Gasteiger partial charge in [0.25, 0.3) is 5.82 Å². The maximum atomic E-state index is 12.8. The normalized spacial score (nSPS) is 17.1. The summed E-state index contributed by atoms with van der Waals surface area (Å²) in [5, 5.41) is 0. The molecule has 1 aliphatic heterocycles. The maximum absolute atomic E-state index is 12.8. The number of rotatable bonds is 5. The molecule has 2 aliphatic rings. The van der Waals surface area contributed by atoms with Crippen molar-refractivity contribution >= 4 is 21.7 Å². The van der Waals surface area contributed by atoms with Gasteiger partial charge >= 0.3 is 0 Å². The molecule has 1 atom stereocenters. The van der Waals surface area contributed by atoms with Crippen LogP contribution in [0.25, 0.3) is 0 Å². The van der Waals surface area contributed by atoms with E-state index >= 15 is 0 Å². The van der Waals surface area contributed by atoms with Crippen LogP contribution in [0.4, 0.5) is 0 Å². The number of halogens is 1. The van der Waals surface area contributed by atoms with Gasteiger partial charge < -0.3 is 4.74 Å². The number of hydrogen-bond acceptors (Lipinski definition) is 2. The summed E-state index contributed by atoms with van der Waals surface area (Å²) in [6.45, 7) is 3.32. The van der Waals surface area contributed by atoms with Gasteiger partial charge in [-0.1, -0.05) is 41.1 Å². The van der Waals surface area contributed by atoms with Gasteiger partial charge in [0, 0.05) is 28.4 Å². The van der Waals surface area contributed by atoms with Gasteiger partial charge in [-0.05, 0) is 42.2 Å². The number of nitrogens with zero attached hydrogens (tertiary/aromatic N) is 2. The number of fused-ring (bicyclic) bond motifs is 2. The Morgan fingerprint density at radius 3 is 2.83 bits per heavy atom. The van der Waals surface area contributed by atoms with Gasteiger partial charge in [0.2, 0.25) is 5.78 Å². The molecule has 1 unspecified atom stereocenters. The molecule has 1 aromatic heterocycles. The van der Waals surface area contributed by atoms with Crippen LogP contribution in [0.3, 0.4) is 0 Å². The molecule has 2 aromatic carbocycles. The van der Waals surface area contributed by atoms with Crippen LogP contribution in [0.15, 0.2) is 53.3 Å². The number of aryl methyl sites for hydroxylation is 1.